The summed E-state index contributed by atoms with van der Waals surface area (Å²) in [5, 5.41) is 0.560. The third-order valence-electron chi connectivity index (χ3n) is 1.36. The van der Waals surface area contributed by atoms with Crippen molar-refractivity contribution in [2.24, 2.45) is 0 Å². The number of aldehydes is 1. The van der Waals surface area contributed by atoms with E-state index in [1.807, 2.05) is 0 Å². The molecule has 0 unspecified atom stereocenters. The van der Waals surface area contributed by atoms with Crippen LogP contribution in [0.1, 0.15) is 30.1 Å². The van der Waals surface area contributed by atoms with Gasteiger partial charge in [-0.2, -0.15) is 6.42 Å². The summed E-state index contributed by atoms with van der Waals surface area (Å²) in [6.45, 7) is 5.72. The summed E-state index contributed by atoms with van der Waals surface area (Å²) < 4.78 is 0. The van der Waals surface area contributed by atoms with E-state index in [0.29, 0.717) is 11.8 Å². The van der Waals surface area contributed by atoms with E-state index in [1.165, 1.54) is 18.8 Å². The smallest absolute Gasteiger partial charge is 0.343 e. The summed E-state index contributed by atoms with van der Waals surface area (Å²) in [5.74, 6) is 0. The fourth-order valence-electron chi connectivity index (χ4n) is 0.534. The zero-order chi connectivity index (χ0) is 11.0. The van der Waals surface area contributed by atoms with Gasteiger partial charge in [-0.25, -0.2) is 0 Å². The molecule has 0 fully saturated rings. The first-order valence-corrected chi connectivity index (χ1v) is 4.96. The number of nitrogens with zero attached hydrogens (tertiary/aromatic N) is 1. The van der Waals surface area contributed by atoms with Gasteiger partial charge in [-0.05, 0) is 0 Å². The van der Waals surface area contributed by atoms with Crippen LogP contribution in [0, 0.1) is 6.92 Å². The van der Waals surface area contributed by atoms with Crippen LogP contribution in [0.4, 0.5) is 0 Å². The molecule has 2 nitrogen and oxygen atoms in total. The molecule has 78 valence electrons. The van der Waals surface area contributed by atoms with Crippen LogP contribution in [0.15, 0.2) is 12.4 Å². The maximum atomic E-state index is 10.3. The number of halogens is 2. The normalized spacial score (nSPS) is 8.27. The topological polar surface area (TPSA) is 30.0 Å². The van der Waals surface area contributed by atoms with Gasteiger partial charge in [0.15, 0.2) is 6.29 Å². The minimum absolute atomic E-state index is 0. The van der Waals surface area contributed by atoms with Gasteiger partial charge in [-0.1, -0.05) is 36.5 Å². The maximum absolute atomic E-state index is 10.3. The Morgan fingerprint density at radius 2 is 1.80 bits per heavy atom. The van der Waals surface area contributed by atoms with Crippen LogP contribution < -0.4 is 18.9 Å². The van der Waals surface area contributed by atoms with Crippen molar-refractivity contribution in [1.29, 1.82) is 0 Å². The molecule has 0 bridgehead atoms. The van der Waals surface area contributed by atoms with Gasteiger partial charge < -0.3 is 6.92 Å². The molecule has 0 N–H and O–H groups in total. The van der Waals surface area contributed by atoms with Crippen molar-refractivity contribution in [2.45, 2.75) is 19.8 Å². The molecular weight excluding hydrogens is 228 g/mol. The molecule has 0 saturated carbocycles. The summed E-state index contributed by atoms with van der Waals surface area (Å²) in [4.78, 5) is 13.9. The van der Waals surface area contributed by atoms with Gasteiger partial charge in [-0.15, -0.1) is 0 Å². The van der Waals surface area contributed by atoms with Gasteiger partial charge in [0.05, 0.1) is 15.6 Å². The second-order valence-corrected chi connectivity index (χ2v) is 3.30. The van der Waals surface area contributed by atoms with E-state index in [9.17, 15) is 4.79 Å². The molecule has 0 saturated heterocycles. The molecule has 1 rings (SSSR count). The standard InChI is InChI=1S/C6H3Cl2NO.C4H9.Li/c7-5-1-9-2-6(8)4(5)3-10;1-3-4-2;/h1-3H;1,3-4H2,2H3;/q;-1;+1. The van der Waals surface area contributed by atoms with Crippen LogP contribution in [0.5, 0.6) is 0 Å². The molecular formula is C10H12Cl2LiNO. The zero-order valence-electron chi connectivity index (χ0n) is 8.96. The molecule has 0 spiro atoms. The van der Waals surface area contributed by atoms with Crippen molar-refractivity contribution in [1.82, 2.24) is 4.98 Å². The third kappa shape index (κ3) is 6.97. The Bertz CT molecular complexity index is 273. The van der Waals surface area contributed by atoms with Crippen LogP contribution in [-0.4, -0.2) is 11.3 Å². The Labute approximate surface area is 113 Å². The Morgan fingerprint density at radius 1 is 1.40 bits per heavy atom. The zero-order valence-corrected chi connectivity index (χ0v) is 10.5. The molecule has 1 heterocycles. The van der Waals surface area contributed by atoms with E-state index < -0.39 is 0 Å². The fraction of sp³-hybridized carbons (Fsp3) is 0.300. The number of carbonyl (C=O) groups excluding carboxylic acids is 1. The summed E-state index contributed by atoms with van der Waals surface area (Å²) >= 11 is 11.1. The van der Waals surface area contributed by atoms with Gasteiger partial charge in [-0.3, -0.25) is 9.78 Å². The van der Waals surface area contributed by atoms with Gasteiger partial charge >= 0.3 is 18.9 Å². The largest absolute Gasteiger partial charge is 1.00 e. The average Bonchev–Trinajstić information content (AvgIpc) is 2.19. The molecule has 1 aromatic heterocycles. The predicted octanol–water partition coefficient (Wildman–Crippen LogP) is 0.825. The fourth-order valence-corrected chi connectivity index (χ4v) is 0.988. The number of hydrogen-bond donors (Lipinski definition) is 0. The molecule has 0 atom stereocenters. The minimum atomic E-state index is 0. The van der Waals surface area contributed by atoms with Gasteiger partial charge in [0.2, 0.25) is 0 Å². The molecule has 15 heavy (non-hydrogen) atoms. The van der Waals surface area contributed by atoms with Crippen LogP contribution in [0.25, 0.3) is 0 Å². The quantitative estimate of drug-likeness (QED) is 0.435. The predicted molar refractivity (Wildman–Crippen MR) is 59.9 cm³/mol. The van der Waals surface area contributed by atoms with Crippen LogP contribution >= 0.6 is 23.2 Å². The van der Waals surface area contributed by atoms with E-state index >= 15 is 0 Å². The van der Waals surface area contributed by atoms with Crippen LogP contribution in [-0.2, 0) is 0 Å². The third-order valence-corrected chi connectivity index (χ3v) is 1.96. The van der Waals surface area contributed by atoms with E-state index in [-0.39, 0.29) is 28.9 Å². The first kappa shape index (κ1) is 17.4. The van der Waals surface area contributed by atoms with Crippen molar-refractivity contribution in [2.75, 3.05) is 0 Å². The van der Waals surface area contributed by atoms with Crippen molar-refractivity contribution >= 4 is 29.5 Å². The van der Waals surface area contributed by atoms with Crippen molar-refractivity contribution < 1.29 is 23.7 Å². The summed E-state index contributed by atoms with van der Waals surface area (Å²) in [5.41, 5.74) is 0.290. The monoisotopic (exact) mass is 239 g/mol. The number of hydrogen-bond acceptors (Lipinski definition) is 2. The summed E-state index contributed by atoms with van der Waals surface area (Å²) in [6, 6.07) is 0. The first-order chi connectivity index (χ1) is 6.67. The van der Waals surface area contributed by atoms with Gasteiger partial charge in [0.25, 0.3) is 0 Å². The molecule has 0 aliphatic heterocycles. The van der Waals surface area contributed by atoms with Crippen LogP contribution in [0.3, 0.4) is 0 Å². The summed E-state index contributed by atoms with van der Waals surface area (Å²) in [6.07, 6.45) is 5.63. The molecule has 0 radical (unpaired) electrons. The number of aromatic nitrogens is 1. The second kappa shape index (κ2) is 10.5. The van der Waals surface area contributed by atoms with Crippen molar-refractivity contribution in [3.05, 3.63) is 34.9 Å². The van der Waals surface area contributed by atoms with E-state index in [0.717, 1.165) is 6.42 Å². The maximum Gasteiger partial charge on any atom is 1.00 e. The van der Waals surface area contributed by atoms with E-state index in [2.05, 4.69) is 18.8 Å². The van der Waals surface area contributed by atoms with Crippen molar-refractivity contribution in [3.63, 3.8) is 0 Å². The molecule has 0 amide bonds. The molecule has 1 aromatic rings. The molecule has 0 aliphatic rings. The Hall–Kier alpha value is -0.00260. The van der Waals surface area contributed by atoms with Crippen LogP contribution in [0.2, 0.25) is 10.0 Å². The van der Waals surface area contributed by atoms with E-state index in [4.69, 9.17) is 23.2 Å². The second-order valence-electron chi connectivity index (χ2n) is 2.49. The van der Waals surface area contributed by atoms with Gasteiger partial charge in [0.1, 0.15) is 0 Å². The minimum Gasteiger partial charge on any atom is -0.343 e. The molecule has 5 heteroatoms. The first-order valence-electron chi connectivity index (χ1n) is 4.20. The number of rotatable bonds is 2. The number of pyridine rings is 1. The Kier molecular flexibility index (Phi) is 12.2. The number of unbranched alkanes of at least 4 members (excludes halogenated alkanes) is 1. The molecule has 0 aliphatic carbocycles. The Balaban J connectivity index is 0. The number of carbonyl (C=O) groups is 1. The average molecular weight is 240 g/mol. The summed E-state index contributed by atoms with van der Waals surface area (Å²) in [7, 11) is 0. The van der Waals surface area contributed by atoms with E-state index in [1.54, 1.807) is 0 Å². The van der Waals surface area contributed by atoms with Gasteiger partial charge in [0, 0.05) is 12.4 Å². The van der Waals surface area contributed by atoms with Crippen molar-refractivity contribution in [3.8, 4) is 0 Å². The SMILES string of the molecule is O=Cc1c(Cl)cncc1Cl.[CH2-]CCC.[Li+]. The Morgan fingerprint density at radius 3 is 2.00 bits per heavy atom. The molecule has 0 aromatic carbocycles.